The zero-order chi connectivity index (χ0) is 14.7. The van der Waals surface area contributed by atoms with Crippen molar-refractivity contribution < 1.29 is 9.53 Å². The van der Waals surface area contributed by atoms with Gasteiger partial charge >= 0.3 is 0 Å². The van der Waals surface area contributed by atoms with Crippen LogP contribution in [0.4, 0.5) is 0 Å². The first-order valence-electron chi connectivity index (χ1n) is 7.66. The molecule has 2 aliphatic rings. The zero-order valence-electron chi connectivity index (χ0n) is 12.5. The molecule has 21 heavy (non-hydrogen) atoms. The second-order valence-electron chi connectivity index (χ2n) is 6.21. The molecule has 1 aliphatic heterocycles. The van der Waals surface area contributed by atoms with Gasteiger partial charge in [0.2, 0.25) is 0 Å². The molecule has 1 saturated carbocycles. The number of ether oxygens (including phenoxy) is 1. The summed E-state index contributed by atoms with van der Waals surface area (Å²) >= 11 is 1.61. The van der Waals surface area contributed by atoms with E-state index in [4.69, 9.17) is 4.74 Å². The third-order valence-electron chi connectivity index (χ3n) is 4.42. The van der Waals surface area contributed by atoms with Crippen LogP contribution in [0.25, 0.3) is 0 Å². The summed E-state index contributed by atoms with van der Waals surface area (Å²) in [6, 6.07) is 0. The number of nitrogens with zero attached hydrogens (tertiary/aromatic N) is 1. The number of amides is 1. The van der Waals surface area contributed by atoms with Gasteiger partial charge in [-0.05, 0) is 38.8 Å². The van der Waals surface area contributed by atoms with E-state index < -0.39 is 0 Å². The van der Waals surface area contributed by atoms with Crippen LogP contribution in [0.5, 0.6) is 0 Å². The third-order valence-corrected chi connectivity index (χ3v) is 5.43. The van der Waals surface area contributed by atoms with Crippen LogP contribution in [-0.2, 0) is 4.74 Å². The first-order chi connectivity index (χ1) is 10.2. The number of carbonyl (C=O) groups is 1. The van der Waals surface area contributed by atoms with Gasteiger partial charge in [0.05, 0.1) is 11.6 Å². The van der Waals surface area contributed by atoms with Crippen molar-refractivity contribution in [3.63, 3.8) is 0 Å². The summed E-state index contributed by atoms with van der Waals surface area (Å²) in [6.07, 6.45) is 4.51. The van der Waals surface area contributed by atoms with E-state index in [0.717, 1.165) is 30.9 Å². The number of piperidine rings is 1. The van der Waals surface area contributed by atoms with Gasteiger partial charge < -0.3 is 15.4 Å². The molecule has 0 radical (unpaired) electrons. The van der Waals surface area contributed by atoms with Gasteiger partial charge in [-0.1, -0.05) is 0 Å². The van der Waals surface area contributed by atoms with Crippen molar-refractivity contribution in [2.75, 3.05) is 33.4 Å². The van der Waals surface area contributed by atoms with Crippen LogP contribution in [0.15, 0.2) is 5.38 Å². The highest BCUT2D eigenvalue weighted by molar-refractivity contribution is 7.10. The molecule has 1 saturated heterocycles. The van der Waals surface area contributed by atoms with Gasteiger partial charge in [0.15, 0.2) is 0 Å². The predicted molar refractivity (Wildman–Crippen MR) is 82.8 cm³/mol. The van der Waals surface area contributed by atoms with Gasteiger partial charge in [-0.3, -0.25) is 4.79 Å². The molecular weight excluding hydrogens is 286 g/mol. The predicted octanol–water partition coefficient (Wildman–Crippen LogP) is 1.77. The minimum Gasteiger partial charge on any atom is -0.384 e. The van der Waals surface area contributed by atoms with E-state index in [1.807, 2.05) is 5.38 Å². The number of rotatable bonds is 6. The average molecular weight is 309 g/mol. The molecule has 0 unspecified atom stereocenters. The smallest absolute Gasteiger partial charge is 0.270 e. The first-order valence-corrected chi connectivity index (χ1v) is 8.54. The SMILES string of the molecule is COCC1(CNC(=O)c2csc(C3CC3)n2)CCNCC1. The lowest BCUT2D eigenvalue weighted by molar-refractivity contribution is 0.0511. The summed E-state index contributed by atoms with van der Waals surface area (Å²) in [6.45, 7) is 3.33. The van der Waals surface area contributed by atoms with Crippen LogP contribution >= 0.6 is 11.3 Å². The quantitative estimate of drug-likeness (QED) is 0.840. The molecule has 2 heterocycles. The normalized spacial score (nSPS) is 21.2. The minimum absolute atomic E-state index is 0.0489. The number of carbonyl (C=O) groups excluding carboxylic acids is 1. The number of nitrogens with one attached hydrogen (secondary N) is 2. The van der Waals surface area contributed by atoms with Gasteiger partial charge in [0.1, 0.15) is 5.69 Å². The Balaban J connectivity index is 1.57. The Bertz CT molecular complexity index is 487. The molecule has 1 amide bonds. The molecule has 1 aromatic heterocycles. The average Bonchev–Trinajstić information content (AvgIpc) is 3.24. The standard InChI is InChI=1S/C15H23N3O2S/c1-20-10-15(4-6-16-7-5-15)9-17-13(19)12-8-21-14(18-12)11-2-3-11/h8,11,16H,2-7,9-10H2,1H3,(H,17,19). The Labute approximate surface area is 129 Å². The number of thiazole rings is 1. The Morgan fingerprint density at radius 2 is 2.29 bits per heavy atom. The molecule has 6 heteroatoms. The van der Waals surface area contributed by atoms with E-state index in [9.17, 15) is 4.79 Å². The van der Waals surface area contributed by atoms with Crippen molar-refractivity contribution in [1.82, 2.24) is 15.6 Å². The highest BCUT2D eigenvalue weighted by atomic mass is 32.1. The third kappa shape index (κ3) is 3.62. The van der Waals surface area contributed by atoms with Crippen molar-refractivity contribution >= 4 is 17.2 Å². The summed E-state index contributed by atoms with van der Waals surface area (Å²) in [5.41, 5.74) is 0.633. The van der Waals surface area contributed by atoms with Crippen LogP contribution < -0.4 is 10.6 Å². The highest BCUT2D eigenvalue weighted by Crippen LogP contribution is 2.41. The maximum Gasteiger partial charge on any atom is 0.270 e. The summed E-state index contributed by atoms with van der Waals surface area (Å²) in [7, 11) is 1.73. The van der Waals surface area contributed by atoms with Gasteiger partial charge in [-0.15, -0.1) is 11.3 Å². The fourth-order valence-electron chi connectivity index (χ4n) is 2.90. The van der Waals surface area contributed by atoms with Crippen molar-refractivity contribution in [2.24, 2.45) is 5.41 Å². The Kier molecular flexibility index (Phi) is 4.57. The van der Waals surface area contributed by atoms with Crippen LogP contribution in [0.3, 0.4) is 0 Å². The van der Waals surface area contributed by atoms with Crippen molar-refractivity contribution in [3.8, 4) is 0 Å². The summed E-state index contributed by atoms with van der Waals surface area (Å²) in [5, 5.41) is 9.43. The number of methoxy groups -OCH3 is 1. The highest BCUT2D eigenvalue weighted by Gasteiger charge is 2.33. The molecule has 116 valence electrons. The lowest BCUT2D eigenvalue weighted by Crippen LogP contribution is -2.47. The molecule has 0 aromatic carbocycles. The second-order valence-corrected chi connectivity index (χ2v) is 7.10. The maximum absolute atomic E-state index is 12.3. The molecule has 2 N–H and O–H groups in total. The van der Waals surface area contributed by atoms with E-state index in [0.29, 0.717) is 24.8 Å². The summed E-state index contributed by atoms with van der Waals surface area (Å²) in [4.78, 5) is 16.7. The fourth-order valence-corrected chi connectivity index (χ4v) is 3.87. The molecule has 0 atom stereocenters. The Hall–Kier alpha value is -0.980. The minimum atomic E-state index is -0.0489. The van der Waals surface area contributed by atoms with Gasteiger partial charge in [0, 0.05) is 30.4 Å². The lowest BCUT2D eigenvalue weighted by Gasteiger charge is -2.37. The lowest BCUT2D eigenvalue weighted by atomic mass is 9.79. The zero-order valence-corrected chi connectivity index (χ0v) is 13.3. The molecule has 2 fully saturated rings. The summed E-state index contributed by atoms with van der Waals surface area (Å²) in [5.74, 6) is 0.563. The summed E-state index contributed by atoms with van der Waals surface area (Å²) < 4.78 is 5.37. The first kappa shape index (κ1) is 14.9. The van der Waals surface area contributed by atoms with E-state index in [1.165, 1.54) is 12.8 Å². The molecule has 1 aromatic rings. The largest absolute Gasteiger partial charge is 0.384 e. The fraction of sp³-hybridized carbons (Fsp3) is 0.733. The van der Waals surface area contributed by atoms with Crippen LogP contribution in [0.2, 0.25) is 0 Å². The monoisotopic (exact) mass is 309 g/mol. The number of hydrogen-bond acceptors (Lipinski definition) is 5. The van der Waals surface area contributed by atoms with Crippen LogP contribution in [-0.4, -0.2) is 44.2 Å². The van der Waals surface area contributed by atoms with E-state index >= 15 is 0 Å². The van der Waals surface area contributed by atoms with Gasteiger partial charge in [-0.25, -0.2) is 4.98 Å². The van der Waals surface area contributed by atoms with Crippen molar-refractivity contribution in [2.45, 2.75) is 31.6 Å². The topological polar surface area (TPSA) is 63.2 Å². The van der Waals surface area contributed by atoms with E-state index in [1.54, 1.807) is 18.4 Å². The van der Waals surface area contributed by atoms with E-state index in [-0.39, 0.29) is 11.3 Å². The van der Waals surface area contributed by atoms with Crippen LogP contribution in [0.1, 0.15) is 47.1 Å². The number of aromatic nitrogens is 1. The van der Waals surface area contributed by atoms with Crippen LogP contribution in [0, 0.1) is 5.41 Å². The number of hydrogen-bond donors (Lipinski definition) is 2. The van der Waals surface area contributed by atoms with Gasteiger partial charge in [-0.2, -0.15) is 0 Å². The Morgan fingerprint density at radius 1 is 1.52 bits per heavy atom. The van der Waals surface area contributed by atoms with Crippen molar-refractivity contribution in [1.29, 1.82) is 0 Å². The molecule has 0 bridgehead atoms. The molecule has 3 rings (SSSR count). The molecular formula is C15H23N3O2S. The molecule has 1 aliphatic carbocycles. The molecule has 0 spiro atoms. The van der Waals surface area contributed by atoms with Crippen molar-refractivity contribution in [3.05, 3.63) is 16.1 Å². The molecule has 5 nitrogen and oxygen atoms in total. The second kappa shape index (κ2) is 6.42. The van der Waals surface area contributed by atoms with Gasteiger partial charge in [0.25, 0.3) is 5.91 Å². The van der Waals surface area contributed by atoms with E-state index in [2.05, 4.69) is 15.6 Å². The Morgan fingerprint density at radius 3 is 2.95 bits per heavy atom. The maximum atomic E-state index is 12.3.